The Hall–Kier alpha value is 0.134. The lowest BCUT2D eigenvalue weighted by Crippen LogP contribution is -2.28. The third-order valence-electron chi connectivity index (χ3n) is 0.857. The second kappa shape index (κ2) is 3.22. The van der Waals surface area contributed by atoms with Crippen LogP contribution in [0.2, 0.25) is 19.6 Å². The molecule has 0 heterocycles. The second-order valence-corrected chi connectivity index (χ2v) is 6.95. The van der Waals surface area contributed by atoms with Crippen molar-refractivity contribution in [2.75, 3.05) is 0 Å². The summed E-state index contributed by atoms with van der Waals surface area (Å²) in [6, 6.07) is 0. The van der Waals surface area contributed by atoms with Crippen molar-refractivity contribution in [3.63, 3.8) is 0 Å². The van der Waals surface area contributed by atoms with Gasteiger partial charge in [0, 0.05) is 0 Å². The van der Waals surface area contributed by atoms with E-state index in [1.165, 1.54) is 0 Å². The van der Waals surface area contributed by atoms with Crippen LogP contribution in [0.15, 0.2) is 12.3 Å². The Morgan fingerprint density at radius 2 is 2.12 bits per heavy atom. The zero-order chi connectivity index (χ0) is 6.62. The van der Waals surface area contributed by atoms with Crippen LogP contribution in [0.1, 0.15) is 0 Å². The molecule has 0 rings (SSSR count). The van der Waals surface area contributed by atoms with E-state index in [2.05, 4.69) is 19.7 Å². The van der Waals surface area contributed by atoms with E-state index in [4.69, 9.17) is 4.12 Å². The van der Waals surface area contributed by atoms with Gasteiger partial charge in [-0.15, -0.1) is 6.58 Å². The monoisotopic (exact) mass is 144 g/mol. The molecular formula is C5H12OSi2. The van der Waals surface area contributed by atoms with E-state index < -0.39 is 8.32 Å². The summed E-state index contributed by atoms with van der Waals surface area (Å²) in [5.41, 5.74) is 1.95. The summed E-state index contributed by atoms with van der Waals surface area (Å²) in [6.45, 7) is 10.0. The largest absolute Gasteiger partial charge is 0.453 e. The molecule has 0 saturated heterocycles. The molecule has 0 unspecified atom stereocenters. The highest BCUT2D eigenvalue weighted by atomic mass is 28.4. The Morgan fingerprint density at radius 1 is 1.62 bits per heavy atom. The summed E-state index contributed by atoms with van der Waals surface area (Å²) in [5.74, 6) is 0. The van der Waals surface area contributed by atoms with Gasteiger partial charge in [-0.2, -0.15) is 0 Å². The minimum absolute atomic E-state index is 0.606. The maximum absolute atomic E-state index is 5.43. The van der Waals surface area contributed by atoms with Gasteiger partial charge in [-0.05, 0) is 19.6 Å². The first-order chi connectivity index (χ1) is 3.62. The second-order valence-electron chi connectivity index (χ2n) is 2.11. The molecule has 3 heteroatoms. The molecule has 0 spiro atoms. The smallest absolute Gasteiger partial charge is 0.211 e. The molecule has 0 N–H and O–H groups in total. The van der Waals surface area contributed by atoms with E-state index in [1.807, 2.05) is 12.2 Å². The SMILES string of the molecule is C=C[Si](C)(C)O[Si]C. The van der Waals surface area contributed by atoms with Crippen molar-refractivity contribution in [3.8, 4) is 0 Å². The van der Waals surface area contributed by atoms with Crippen LogP contribution in [0.25, 0.3) is 0 Å². The Balaban J connectivity index is 3.53. The van der Waals surface area contributed by atoms with E-state index in [9.17, 15) is 0 Å². The molecule has 0 amide bonds. The van der Waals surface area contributed by atoms with E-state index in [1.54, 1.807) is 0 Å². The summed E-state index contributed by atoms with van der Waals surface area (Å²) in [5, 5.41) is 0. The molecule has 0 aliphatic heterocycles. The topological polar surface area (TPSA) is 9.23 Å². The molecular weight excluding hydrogens is 132 g/mol. The standard InChI is InChI=1S/C5H12OSi2/c1-5-8(3,4)6-7-2/h5H,1H2,2-4H3. The fourth-order valence-corrected chi connectivity index (χ4v) is 2.74. The highest BCUT2D eigenvalue weighted by Crippen LogP contribution is 2.02. The first kappa shape index (κ1) is 8.13. The van der Waals surface area contributed by atoms with Crippen molar-refractivity contribution in [1.29, 1.82) is 0 Å². The fraction of sp³-hybridized carbons (Fsp3) is 0.600. The van der Waals surface area contributed by atoms with Crippen molar-refractivity contribution < 1.29 is 4.12 Å². The maximum atomic E-state index is 5.43. The van der Waals surface area contributed by atoms with Gasteiger partial charge in [-0.3, -0.25) is 0 Å². The van der Waals surface area contributed by atoms with E-state index in [0.29, 0.717) is 9.76 Å². The molecule has 1 nitrogen and oxygen atoms in total. The van der Waals surface area contributed by atoms with Gasteiger partial charge in [0.1, 0.15) is 0 Å². The van der Waals surface area contributed by atoms with Crippen molar-refractivity contribution >= 4 is 18.1 Å². The molecule has 0 saturated carbocycles. The Labute approximate surface area is 54.8 Å². The van der Waals surface area contributed by atoms with Crippen LogP contribution in [0.3, 0.4) is 0 Å². The summed E-state index contributed by atoms with van der Waals surface area (Å²) >= 11 is 0. The molecule has 0 bridgehead atoms. The number of hydrogen-bond acceptors (Lipinski definition) is 1. The molecule has 46 valence electrons. The van der Waals surface area contributed by atoms with E-state index in [-0.39, 0.29) is 0 Å². The first-order valence-electron chi connectivity index (χ1n) is 2.61. The van der Waals surface area contributed by atoms with Gasteiger partial charge in [0.2, 0.25) is 9.76 Å². The minimum atomic E-state index is -1.40. The summed E-state index contributed by atoms with van der Waals surface area (Å²) < 4.78 is 5.43. The average molecular weight is 144 g/mol. The lowest BCUT2D eigenvalue weighted by atomic mass is 11.3. The average Bonchev–Trinajstić information content (AvgIpc) is 1.67. The van der Waals surface area contributed by atoms with Crippen LogP contribution < -0.4 is 0 Å². The van der Waals surface area contributed by atoms with E-state index >= 15 is 0 Å². The van der Waals surface area contributed by atoms with E-state index in [0.717, 1.165) is 0 Å². The predicted molar refractivity (Wildman–Crippen MR) is 40.4 cm³/mol. The molecule has 0 aliphatic rings. The zero-order valence-corrected chi connectivity index (χ0v) is 7.69. The quantitative estimate of drug-likeness (QED) is 0.547. The van der Waals surface area contributed by atoms with Crippen molar-refractivity contribution in [2.24, 2.45) is 0 Å². The van der Waals surface area contributed by atoms with Crippen molar-refractivity contribution in [1.82, 2.24) is 0 Å². The van der Waals surface area contributed by atoms with Crippen LogP contribution in [-0.4, -0.2) is 18.1 Å². The maximum Gasteiger partial charge on any atom is 0.211 e. The van der Waals surface area contributed by atoms with Gasteiger partial charge in [0.05, 0.1) is 0 Å². The van der Waals surface area contributed by atoms with Crippen LogP contribution in [0.5, 0.6) is 0 Å². The Bertz CT molecular complexity index is 80.5. The van der Waals surface area contributed by atoms with Crippen LogP contribution >= 0.6 is 0 Å². The van der Waals surface area contributed by atoms with Crippen LogP contribution in [0, 0.1) is 0 Å². The zero-order valence-electron chi connectivity index (χ0n) is 5.69. The van der Waals surface area contributed by atoms with Gasteiger partial charge in [0.25, 0.3) is 0 Å². The number of rotatable bonds is 3. The van der Waals surface area contributed by atoms with Crippen molar-refractivity contribution in [3.05, 3.63) is 12.3 Å². The van der Waals surface area contributed by atoms with Gasteiger partial charge in [-0.25, -0.2) is 0 Å². The van der Waals surface area contributed by atoms with Gasteiger partial charge in [-0.1, -0.05) is 5.70 Å². The molecule has 0 aromatic rings. The molecule has 8 heavy (non-hydrogen) atoms. The molecule has 0 aromatic heterocycles. The lowest BCUT2D eigenvalue weighted by molar-refractivity contribution is 0.610. The third kappa shape index (κ3) is 3.18. The third-order valence-corrected chi connectivity index (χ3v) is 4.76. The van der Waals surface area contributed by atoms with Gasteiger partial charge in [0.15, 0.2) is 8.32 Å². The summed E-state index contributed by atoms with van der Waals surface area (Å²) in [4.78, 5) is 0. The van der Waals surface area contributed by atoms with Crippen molar-refractivity contribution in [2.45, 2.75) is 19.6 Å². The fourth-order valence-electron chi connectivity index (χ4n) is 0.305. The molecule has 2 radical (unpaired) electrons. The van der Waals surface area contributed by atoms with Crippen LogP contribution in [0.4, 0.5) is 0 Å². The molecule has 0 fully saturated rings. The van der Waals surface area contributed by atoms with Gasteiger partial charge < -0.3 is 4.12 Å². The minimum Gasteiger partial charge on any atom is -0.453 e. The molecule has 0 aromatic carbocycles. The first-order valence-corrected chi connectivity index (χ1v) is 7.00. The Morgan fingerprint density at radius 3 is 2.25 bits per heavy atom. The highest BCUT2D eigenvalue weighted by Gasteiger charge is 2.14. The Kier molecular flexibility index (Phi) is 3.27. The highest BCUT2D eigenvalue weighted by molar-refractivity contribution is 6.79. The molecule has 0 atom stereocenters. The van der Waals surface area contributed by atoms with Crippen LogP contribution in [-0.2, 0) is 4.12 Å². The predicted octanol–water partition coefficient (Wildman–Crippen LogP) is 1.60. The normalized spacial score (nSPS) is 11.4. The lowest BCUT2D eigenvalue weighted by Gasteiger charge is -2.15. The van der Waals surface area contributed by atoms with Gasteiger partial charge >= 0.3 is 0 Å². The number of hydrogen-bond donors (Lipinski definition) is 0. The summed E-state index contributed by atoms with van der Waals surface area (Å²) in [6.07, 6.45) is 0. The summed E-state index contributed by atoms with van der Waals surface area (Å²) in [7, 11) is -0.795. The molecule has 0 aliphatic carbocycles.